The summed E-state index contributed by atoms with van der Waals surface area (Å²) in [7, 11) is 0. The standard InChI is InChI=1S/C16H18BrIO3/c1-14(2)13(19)16(15(3,4)21-14)12(20-16)8-9-7-10(17)5-6-11(9)18/h5-7,12H,8H2,1-4H3. The molecule has 0 aliphatic carbocycles. The van der Waals surface area contributed by atoms with Crippen molar-refractivity contribution >= 4 is 44.3 Å². The number of hydrogen-bond acceptors (Lipinski definition) is 3. The van der Waals surface area contributed by atoms with Gasteiger partial charge in [0, 0.05) is 14.5 Å². The normalized spacial score (nSPS) is 32.7. The molecule has 0 amide bonds. The molecule has 2 saturated heterocycles. The summed E-state index contributed by atoms with van der Waals surface area (Å²) >= 11 is 5.82. The first-order valence-electron chi connectivity index (χ1n) is 6.97. The minimum absolute atomic E-state index is 0.0648. The van der Waals surface area contributed by atoms with Crippen molar-refractivity contribution in [2.24, 2.45) is 0 Å². The highest BCUT2D eigenvalue weighted by atomic mass is 127. The molecule has 2 aliphatic heterocycles. The van der Waals surface area contributed by atoms with Crippen LogP contribution in [-0.4, -0.2) is 28.7 Å². The second-order valence-electron chi connectivity index (χ2n) is 6.73. The summed E-state index contributed by atoms with van der Waals surface area (Å²) in [5.74, 6) is 0.0648. The molecule has 1 aromatic rings. The lowest BCUT2D eigenvalue weighted by molar-refractivity contribution is -0.132. The fraction of sp³-hybridized carbons (Fsp3) is 0.562. The van der Waals surface area contributed by atoms with E-state index in [0.29, 0.717) is 0 Å². The van der Waals surface area contributed by atoms with Gasteiger partial charge in [0.25, 0.3) is 0 Å². The van der Waals surface area contributed by atoms with Gasteiger partial charge in [-0.15, -0.1) is 0 Å². The first-order chi connectivity index (χ1) is 9.60. The third-order valence-corrected chi connectivity index (χ3v) is 5.97. The second kappa shape index (κ2) is 4.76. The molecule has 3 rings (SSSR count). The molecule has 114 valence electrons. The van der Waals surface area contributed by atoms with E-state index in [1.54, 1.807) is 0 Å². The van der Waals surface area contributed by atoms with E-state index in [1.165, 1.54) is 9.13 Å². The van der Waals surface area contributed by atoms with E-state index in [9.17, 15) is 4.79 Å². The number of ether oxygens (including phenoxy) is 2. The van der Waals surface area contributed by atoms with Crippen molar-refractivity contribution in [1.29, 1.82) is 0 Å². The number of halogens is 2. The predicted molar refractivity (Wildman–Crippen MR) is 92.4 cm³/mol. The van der Waals surface area contributed by atoms with E-state index in [0.717, 1.165) is 10.9 Å². The zero-order valence-corrected chi connectivity index (χ0v) is 16.2. The molecular formula is C16H18BrIO3. The number of carbonyl (C=O) groups excluding carboxylic acids is 1. The van der Waals surface area contributed by atoms with Gasteiger partial charge in [0.15, 0.2) is 5.60 Å². The summed E-state index contributed by atoms with van der Waals surface area (Å²) in [6.45, 7) is 7.55. The van der Waals surface area contributed by atoms with E-state index >= 15 is 0 Å². The quantitative estimate of drug-likeness (QED) is 0.492. The van der Waals surface area contributed by atoms with Gasteiger partial charge >= 0.3 is 0 Å². The predicted octanol–water partition coefficient (Wildman–Crippen LogP) is 3.89. The largest absolute Gasteiger partial charge is 0.358 e. The number of hydrogen-bond donors (Lipinski definition) is 0. The maximum Gasteiger partial charge on any atom is 0.201 e. The minimum Gasteiger partial charge on any atom is -0.358 e. The fourth-order valence-corrected chi connectivity index (χ4v) is 4.45. The third-order valence-electron chi connectivity index (χ3n) is 4.43. The SMILES string of the molecule is CC1(C)OC(C)(C)C2(OC2Cc2cc(Br)ccc2I)C1=O. The molecule has 2 heterocycles. The molecule has 2 aliphatic rings. The van der Waals surface area contributed by atoms with Crippen molar-refractivity contribution in [3.05, 3.63) is 31.8 Å². The Balaban J connectivity index is 1.88. The Kier molecular flexibility index (Phi) is 3.60. The summed E-state index contributed by atoms with van der Waals surface area (Å²) in [4.78, 5) is 12.7. The van der Waals surface area contributed by atoms with Crippen molar-refractivity contribution < 1.29 is 14.3 Å². The van der Waals surface area contributed by atoms with Crippen LogP contribution >= 0.6 is 38.5 Å². The van der Waals surface area contributed by atoms with Crippen molar-refractivity contribution in [1.82, 2.24) is 0 Å². The highest BCUT2D eigenvalue weighted by molar-refractivity contribution is 14.1. The van der Waals surface area contributed by atoms with Gasteiger partial charge in [-0.3, -0.25) is 4.79 Å². The molecule has 0 N–H and O–H groups in total. The zero-order chi connectivity index (χ0) is 15.6. The van der Waals surface area contributed by atoms with E-state index in [-0.39, 0.29) is 11.9 Å². The molecule has 0 radical (unpaired) electrons. The van der Waals surface area contributed by atoms with Crippen molar-refractivity contribution in [2.75, 3.05) is 0 Å². The van der Waals surface area contributed by atoms with Gasteiger partial charge < -0.3 is 9.47 Å². The molecule has 3 nitrogen and oxygen atoms in total. The number of benzene rings is 1. The van der Waals surface area contributed by atoms with Crippen LogP contribution in [0.5, 0.6) is 0 Å². The molecule has 2 unspecified atom stereocenters. The van der Waals surface area contributed by atoms with E-state index < -0.39 is 16.8 Å². The Bertz CT molecular complexity index is 626. The molecule has 1 spiro atoms. The smallest absolute Gasteiger partial charge is 0.201 e. The Morgan fingerprint density at radius 2 is 1.95 bits per heavy atom. The van der Waals surface area contributed by atoms with Gasteiger partial charge in [-0.2, -0.15) is 0 Å². The number of carbonyl (C=O) groups is 1. The van der Waals surface area contributed by atoms with E-state index in [2.05, 4.69) is 50.7 Å². The zero-order valence-electron chi connectivity index (χ0n) is 12.5. The number of epoxide rings is 1. The molecule has 2 fully saturated rings. The topological polar surface area (TPSA) is 38.8 Å². The first kappa shape index (κ1) is 15.9. The molecule has 0 bridgehead atoms. The Hall–Kier alpha value is 0.0200. The lowest BCUT2D eigenvalue weighted by Gasteiger charge is -2.23. The van der Waals surface area contributed by atoms with Crippen LogP contribution in [0.2, 0.25) is 0 Å². The average Bonchev–Trinajstić information content (AvgIpc) is 3.04. The van der Waals surface area contributed by atoms with Gasteiger partial charge in [-0.1, -0.05) is 15.9 Å². The summed E-state index contributed by atoms with van der Waals surface area (Å²) in [5, 5.41) is 0. The molecule has 0 saturated carbocycles. The lowest BCUT2D eigenvalue weighted by atomic mass is 9.81. The molecule has 5 heteroatoms. The maximum absolute atomic E-state index is 12.7. The van der Waals surface area contributed by atoms with Crippen molar-refractivity contribution in [3.63, 3.8) is 0 Å². The number of rotatable bonds is 2. The fourth-order valence-electron chi connectivity index (χ4n) is 3.49. The Labute approximate surface area is 147 Å². The average molecular weight is 465 g/mol. The summed E-state index contributed by atoms with van der Waals surface area (Å²) < 4.78 is 14.1. The van der Waals surface area contributed by atoms with Gasteiger partial charge in [0.05, 0.1) is 0 Å². The Morgan fingerprint density at radius 1 is 1.29 bits per heavy atom. The summed E-state index contributed by atoms with van der Waals surface area (Å²) in [5.41, 5.74) is -0.958. The highest BCUT2D eigenvalue weighted by Gasteiger charge is 2.78. The van der Waals surface area contributed by atoms with Gasteiger partial charge in [-0.05, 0) is 74.0 Å². The van der Waals surface area contributed by atoms with Crippen LogP contribution in [0.3, 0.4) is 0 Å². The monoisotopic (exact) mass is 464 g/mol. The van der Waals surface area contributed by atoms with Crippen LogP contribution in [0.4, 0.5) is 0 Å². The van der Waals surface area contributed by atoms with E-state index in [1.807, 2.05) is 33.8 Å². The first-order valence-corrected chi connectivity index (χ1v) is 8.84. The minimum atomic E-state index is -0.790. The van der Waals surface area contributed by atoms with Crippen LogP contribution < -0.4 is 0 Å². The van der Waals surface area contributed by atoms with Gasteiger partial charge in [0.2, 0.25) is 5.78 Å². The third kappa shape index (κ3) is 2.31. The highest BCUT2D eigenvalue weighted by Crippen LogP contribution is 2.57. The Morgan fingerprint density at radius 3 is 2.52 bits per heavy atom. The molecule has 2 atom stereocenters. The van der Waals surface area contributed by atoms with Gasteiger partial charge in [-0.25, -0.2) is 0 Å². The van der Waals surface area contributed by atoms with Crippen LogP contribution in [0, 0.1) is 3.57 Å². The number of ketones is 1. The summed E-state index contributed by atoms with van der Waals surface area (Å²) in [6.07, 6.45) is 0.622. The van der Waals surface area contributed by atoms with Crippen LogP contribution in [0.25, 0.3) is 0 Å². The van der Waals surface area contributed by atoms with Gasteiger partial charge in [0.1, 0.15) is 17.3 Å². The molecule has 0 aromatic heterocycles. The van der Waals surface area contributed by atoms with Crippen molar-refractivity contribution in [3.8, 4) is 0 Å². The second-order valence-corrected chi connectivity index (χ2v) is 8.81. The maximum atomic E-state index is 12.7. The van der Waals surface area contributed by atoms with Crippen LogP contribution in [-0.2, 0) is 20.7 Å². The van der Waals surface area contributed by atoms with Crippen molar-refractivity contribution in [2.45, 2.75) is 57.0 Å². The van der Waals surface area contributed by atoms with Crippen LogP contribution in [0.1, 0.15) is 33.3 Å². The van der Waals surface area contributed by atoms with Crippen LogP contribution in [0.15, 0.2) is 22.7 Å². The molecule has 21 heavy (non-hydrogen) atoms. The van der Waals surface area contributed by atoms with E-state index in [4.69, 9.17) is 9.47 Å². The molecule has 1 aromatic carbocycles. The molecular weight excluding hydrogens is 447 g/mol. The number of Topliss-reactive ketones (excluding diaryl/α,β-unsaturated/α-hetero) is 1. The summed E-state index contributed by atoms with van der Waals surface area (Å²) in [6, 6.07) is 6.18. The lowest BCUT2D eigenvalue weighted by Crippen LogP contribution is -2.42.